The first-order valence-corrected chi connectivity index (χ1v) is 3.93. The Morgan fingerprint density at radius 1 is 1.55 bits per heavy atom. The number of aromatic amines is 1. The van der Waals surface area contributed by atoms with Crippen molar-refractivity contribution in [2.75, 3.05) is 0 Å². The van der Waals surface area contributed by atoms with E-state index in [0.717, 1.165) is 16.6 Å². The molecule has 0 aromatic carbocycles. The maximum absolute atomic E-state index is 4.16. The molecule has 0 saturated carbocycles. The zero-order valence-electron chi connectivity index (χ0n) is 5.78. The Bertz CT molecular complexity index is 368. The first-order valence-electron chi connectivity index (χ1n) is 3.29. The van der Waals surface area contributed by atoms with Crippen LogP contribution in [0.1, 0.15) is 5.69 Å². The van der Waals surface area contributed by atoms with E-state index in [2.05, 4.69) is 27.8 Å². The van der Waals surface area contributed by atoms with Gasteiger partial charge in [0.1, 0.15) is 5.52 Å². The largest absolute Gasteiger partial charge is 0.280 e. The van der Waals surface area contributed by atoms with E-state index in [1.54, 1.807) is 12.4 Å². The van der Waals surface area contributed by atoms with Gasteiger partial charge in [-0.3, -0.25) is 10.1 Å². The van der Waals surface area contributed by atoms with Gasteiger partial charge >= 0.3 is 0 Å². The molecule has 0 saturated heterocycles. The highest BCUT2D eigenvalue weighted by molar-refractivity contribution is 7.79. The number of fused-ring (bicyclic) bond motifs is 1. The van der Waals surface area contributed by atoms with Gasteiger partial charge in [0.2, 0.25) is 0 Å². The van der Waals surface area contributed by atoms with Gasteiger partial charge < -0.3 is 0 Å². The smallest absolute Gasteiger partial charge is 0.111 e. The Morgan fingerprint density at radius 2 is 2.45 bits per heavy atom. The van der Waals surface area contributed by atoms with Crippen LogP contribution < -0.4 is 0 Å². The third kappa shape index (κ3) is 0.991. The molecule has 2 heterocycles. The molecule has 0 spiro atoms. The van der Waals surface area contributed by atoms with Gasteiger partial charge in [-0.25, -0.2) is 0 Å². The number of hydrogen-bond acceptors (Lipinski definition) is 3. The van der Waals surface area contributed by atoms with Crippen molar-refractivity contribution in [2.24, 2.45) is 0 Å². The van der Waals surface area contributed by atoms with Crippen LogP contribution in [0.5, 0.6) is 0 Å². The summed E-state index contributed by atoms with van der Waals surface area (Å²) in [5.41, 5.74) is 1.95. The second-order valence-electron chi connectivity index (χ2n) is 2.25. The SMILES string of the molecule is SCc1[nH]nc2cnccc12. The molecular formula is C7H7N3S. The highest BCUT2D eigenvalue weighted by Gasteiger charge is 2.00. The number of rotatable bonds is 1. The summed E-state index contributed by atoms with van der Waals surface area (Å²) < 4.78 is 0. The molecule has 2 aromatic rings. The molecule has 0 unspecified atom stereocenters. The zero-order chi connectivity index (χ0) is 7.68. The summed E-state index contributed by atoms with van der Waals surface area (Å²) in [7, 11) is 0. The van der Waals surface area contributed by atoms with E-state index < -0.39 is 0 Å². The minimum absolute atomic E-state index is 0.681. The molecule has 1 N–H and O–H groups in total. The van der Waals surface area contributed by atoms with Crippen molar-refractivity contribution in [1.29, 1.82) is 0 Å². The third-order valence-corrected chi connectivity index (χ3v) is 1.91. The molecule has 0 atom stereocenters. The van der Waals surface area contributed by atoms with Crippen molar-refractivity contribution in [3.63, 3.8) is 0 Å². The van der Waals surface area contributed by atoms with Gasteiger partial charge in [0, 0.05) is 17.3 Å². The van der Waals surface area contributed by atoms with Crippen LogP contribution in [0.25, 0.3) is 10.9 Å². The predicted octanol–water partition coefficient (Wildman–Crippen LogP) is 1.39. The summed E-state index contributed by atoms with van der Waals surface area (Å²) in [6.07, 6.45) is 3.49. The van der Waals surface area contributed by atoms with Crippen LogP contribution in [0.4, 0.5) is 0 Å². The van der Waals surface area contributed by atoms with Crippen LogP contribution in [-0.2, 0) is 5.75 Å². The van der Waals surface area contributed by atoms with Gasteiger partial charge in [-0.2, -0.15) is 17.7 Å². The number of aromatic nitrogens is 3. The Balaban J connectivity index is 2.76. The molecule has 0 radical (unpaired) electrons. The Morgan fingerprint density at radius 3 is 3.27 bits per heavy atom. The van der Waals surface area contributed by atoms with Crippen molar-refractivity contribution in [1.82, 2.24) is 15.2 Å². The average Bonchev–Trinajstić information content (AvgIpc) is 2.47. The molecule has 56 valence electrons. The van der Waals surface area contributed by atoms with Gasteiger partial charge in [0.05, 0.1) is 11.9 Å². The Labute approximate surface area is 69.2 Å². The maximum atomic E-state index is 4.16. The molecule has 0 aliphatic carbocycles. The lowest BCUT2D eigenvalue weighted by Crippen LogP contribution is -1.76. The van der Waals surface area contributed by atoms with E-state index in [0.29, 0.717) is 5.75 Å². The number of nitrogens with one attached hydrogen (secondary N) is 1. The van der Waals surface area contributed by atoms with Gasteiger partial charge in [-0.05, 0) is 6.07 Å². The van der Waals surface area contributed by atoms with E-state index >= 15 is 0 Å². The quantitative estimate of drug-likeness (QED) is 0.627. The lowest BCUT2D eigenvalue weighted by molar-refractivity contribution is 1.06. The first-order chi connectivity index (χ1) is 5.42. The Hall–Kier alpha value is -1.03. The number of thiol groups is 1. The summed E-state index contributed by atoms with van der Waals surface area (Å²) in [6.45, 7) is 0. The summed E-state index contributed by atoms with van der Waals surface area (Å²) in [5, 5.41) is 8.06. The molecule has 0 bridgehead atoms. The van der Waals surface area contributed by atoms with Crippen LogP contribution in [0.3, 0.4) is 0 Å². The summed E-state index contributed by atoms with van der Waals surface area (Å²) >= 11 is 4.16. The summed E-state index contributed by atoms with van der Waals surface area (Å²) in [6, 6.07) is 1.93. The molecule has 0 aliphatic heterocycles. The topological polar surface area (TPSA) is 41.6 Å². The average molecular weight is 165 g/mol. The monoisotopic (exact) mass is 165 g/mol. The summed E-state index contributed by atoms with van der Waals surface area (Å²) in [5.74, 6) is 0.681. The fourth-order valence-corrected chi connectivity index (χ4v) is 1.28. The van der Waals surface area contributed by atoms with Crippen molar-refractivity contribution in [2.45, 2.75) is 5.75 Å². The number of nitrogens with zero attached hydrogens (tertiary/aromatic N) is 2. The minimum Gasteiger partial charge on any atom is -0.280 e. The lowest BCUT2D eigenvalue weighted by Gasteiger charge is -1.88. The molecule has 11 heavy (non-hydrogen) atoms. The van der Waals surface area contributed by atoms with Gasteiger partial charge in [0.15, 0.2) is 0 Å². The molecule has 0 aliphatic rings. The molecular weight excluding hydrogens is 158 g/mol. The van der Waals surface area contributed by atoms with Gasteiger partial charge in [0.25, 0.3) is 0 Å². The molecule has 0 fully saturated rings. The van der Waals surface area contributed by atoms with Crippen LogP contribution in [-0.4, -0.2) is 15.2 Å². The summed E-state index contributed by atoms with van der Waals surface area (Å²) in [4.78, 5) is 3.95. The normalized spacial score (nSPS) is 10.6. The van der Waals surface area contributed by atoms with E-state index in [9.17, 15) is 0 Å². The van der Waals surface area contributed by atoms with Crippen molar-refractivity contribution in [3.05, 3.63) is 24.2 Å². The Kier molecular flexibility index (Phi) is 1.54. The van der Waals surface area contributed by atoms with Crippen molar-refractivity contribution < 1.29 is 0 Å². The standard InChI is InChI=1S/C7H7N3S/c11-4-7-5-1-2-8-3-6(5)9-10-7/h1-3,11H,4H2,(H,9,10). The molecule has 4 heteroatoms. The van der Waals surface area contributed by atoms with Crippen LogP contribution in [0.15, 0.2) is 18.5 Å². The van der Waals surface area contributed by atoms with Crippen LogP contribution in [0, 0.1) is 0 Å². The molecule has 2 aromatic heterocycles. The minimum atomic E-state index is 0.681. The maximum Gasteiger partial charge on any atom is 0.111 e. The molecule has 0 amide bonds. The zero-order valence-corrected chi connectivity index (χ0v) is 6.68. The lowest BCUT2D eigenvalue weighted by atomic mass is 10.3. The fourth-order valence-electron chi connectivity index (χ4n) is 1.04. The van der Waals surface area contributed by atoms with E-state index in [1.165, 1.54) is 0 Å². The van der Waals surface area contributed by atoms with E-state index in [-0.39, 0.29) is 0 Å². The van der Waals surface area contributed by atoms with Crippen LogP contribution in [0.2, 0.25) is 0 Å². The number of H-pyrrole nitrogens is 1. The van der Waals surface area contributed by atoms with Crippen molar-refractivity contribution in [3.8, 4) is 0 Å². The first kappa shape index (κ1) is 6.67. The third-order valence-electron chi connectivity index (χ3n) is 1.59. The second kappa shape index (κ2) is 2.54. The molecule has 2 rings (SSSR count). The highest BCUT2D eigenvalue weighted by Crippen LogP contribution is 2.14. The number of pyridine rings is 1. The fraction of sp³-hybridized carbons (Fsp3) is 0.143. The van der Waals surface area contributed by atoms with E-state index in [1.807, 2.05) is 6.07 Å². The van der Waals surface area contributed by atoms with E-state index in [4.69, 9.17) is 0 Å². The van der Waals surface area contributed by atoms with Crippen LogP contribution >= 0.6 is 12.6 Å². The van der Waals surface area contributed by atoms with Gasteiger partial charge in [-0.1, -0.05) is 0 Å². The highest BCUT2D eigenvalue weighted by atomic mass is 32.1. The number of hydrogen-bond donors (Lipinski definition) is 2. The van der Waals surface area contributed by atoms with Gasteiger partial charge in [-0.15, -0.1) is 0 Å². The predicted molar refractivity (Wildman–Crippen MR) is 46.6 cm³/mol. The molecule has 3 nitrogen and oxygen atoms in total. The van der Waals surface area contributed by atoms with Crippen molar-refractivity contribution >= 4 is 23.5 Å². The second-order valence-corrected chi connectivity index (χ2v) is 2.57.